The second kappa shape index (κ2) is 8.66. The summed E-state index contributed by atoms with van der Waals surface area (Å²) in [6, 6.07) is 9.10. The van der Waals surface area contributed by atoms with Crippen molar-refractivity contribution >= 4 is 32.5 Å². The molecule has 2 N–H and O–H groups in total. The van der Waals surface area contributed by atoms with Gasteiger partial charge in [0.05, 0.1) is 10.6 Å². The minimum atomic E-state index is -4.01. The standard InChI is InChI=1S/C21H22FN3O4S/c1-3-4-11-23-21(27)18-13-24-19-10-9-16(12-17(19)20(18)26)30(28,29)25(2)15-7-5-14(22)6-8-15/h5-10,12-13H,3-4,11H2,1-2H3,(H,23,27)(H,24,26). The van der Waals surface area contributed by atoms with Crippen molar-refractivity contribution in [3.63, 3.8) is 0 Å². The number of anilines is 1. The summed E-state index contributed by atoms with van der Waals surface area (Å²) in [7, 11) is -2.66. The van der Waals surface area contributed by atoms with E-state index in [0.717, 1.165) is 29.3 Å². The second-order valence-electron chi connectivity index (χ2n) is 6.80. The molecule has 0 spiro atoms. The van der Waals surface area contributed by atoms with Gasteiger partial charge in [-0.05, 0) is 48.9 Å². The van der Waals surface area contributed by atoms with Crippen molar-refractivity contribution in [2.24, 2.45) is 0 Å². The van der Waals surface area contributed by atoms with Crippen LogP contribution in [0, 0.1) is 5.82 Å². The van der Waals surface area contributed by atoms with Crippen molar-refractivity contribution in [2.75, 3.05) is 17.9 Å². The van der Waals surface area contributed by atoms with E-state index >= 15 is 0 Å². The van der Waals surface area contributed by atoms with E-state index in [1.165, 1.54) is 43.6 Å². The normalized spacial score (nSPS) is 11.4. The molecular weight excluding hydrogens is 409 g/mol. The molecule has 0 bridgehead atoms. The third-order valence-corrected chi connectivity index (χ3v) is 6.54. The van der Waals surface area contributed by atoms with Crippen LogP contribution in [-0.2, 0) is 10.0 Å². The average Bonchev–Trinajstić information content (AvgIpc) is 2.74. The van der Waals surface area contributed by atoms with Crippen molar-refractivity contribution in [3.8, 4) is 0 Å². The highest BCUT2D eigenvalue weighted by atomic mass is 32.2. The quantitative estimate of drug-likeness (QED) is 0.562. The highest BCUT2D eigenvalue weighted by Gasteiger charge is 2.23. The summed E-state index contributed by atoms with van der Waals surface area (Å²) >= 11 is 0. The van der Waals surface area contributed by atoms with Gasteiger partial charge in [0.25, 0.3) is 15.9 Å². The van der Waals surface area contributed by atoms with Gasteiger partial charge in [-0.15, -0.1) is 0 Å². The Kier molecular flexibility index (Phi) is 6.21. The van der Waals surface area contributed by atoms with Crippen LogP contribution < -0.4 is 15.1 Å². The Morgan fingerprint density at radius 1 is 1.17 bits per heavy atom. The number of nitrogens with zero attached hydrogens (tertiary/aromatic N) is 1. The Morgan fingerprint density at radius 2 is 1.87 bits per heavy atom. The Balaban J connectivity index is 2.01. The lowest BCUT2D eigenvalue weighted by Crippen LogP contribution is -2.30. The van der Waals surface area contributed by atoms with Crippen molar-refractivity contribution < 1.29 is 17.6 Å². The Bertz CT molecular complexity index is 1240. The topological polar surface area (TPSA) is 99.3 Å². The van der Waals surface area contributed by atoms with E-state index in [1.807, 2.05) is 6.92 Å². The summed E-state index contributed by atoms with van der Waals surface area (Å²) < 4.78 is 40.2. The number of aromatic amines is 1. The van der Waals surface area contributed by atoms with Crippen molar-refractivity contribution in [2.45, 2.75) is 24.7 Å². The van der Waals surface area contributed by atoms with Gasteiger partial charge in [-0.1, -0.05) is 13.3 Å². The number of nitrogens with one attached hydrogen (secondary N) is 2. The maximum absolute atomic E-state index is 13.2. The Labute approximate surface area is 173 Å². The molecule has 0 aliphatic carbocycles. The van der Waals surface area contributed by atoms with Gasteiger partial charge >= 0.3 is 0 Å². The van der Waals surface area contributed by atoms with E-state index in [1.54, 1.807) is 0 Å². The van der Waals surface area contributed by atoms with Crippen LogP contribution in [0.3, 0.4) is 0 Å². The first-order chi connectivity index (χ1) is 14.3. The fraction of sp³-hybridized carbons (Fsp3) is 0.238. The zero-order chi connectivity index (χ0) is 21.9. The van der Waals surface area contributed by atoms with E-state index in [4.69, 9.17) is 0 Å². The number of fused-ring (bicyclic) bond motifs is 1. The molecule has 0 saturated carbocycles. The maximum Gasteiger partial charge on any atom is 0.264 e. The van der Waals surface area contributed by atoms with Crippen LogP contribution in [0.4, 0.5) is 10.1 Å². The van der Waals surface area contributed by atoms with E-state index in [2.05, 4.69) is 10.3 Å². The maximum atomic E-state index is 13.2. The molecule has 0 fully saturated rings. The first kappa shape index (κ1) is 21.5. The molecule has 1 aromatic heterocycles. The first-order valence-electron chi connectivity index (χ1n) is 9.44. The van der Waals surface area contributed by atoms with E-state index < -0.39 is 27.2 Å². The number of amides is 1. The fourth-order valence-corrected chi connectivity index (χ4v) is 4.17. The monoisotopic (exact) mass is 431 g/mol. The SMILES string of the molecule is CCCCNC(=O)c1c[nH]c2ccc(S(=O)(=O)N(C)c3ccc(F)cc3)cc2c1=O. The van der Waals surface area contributed by atoms with Crippen molar-refractivity contribution in [1.29, 1.82) is 0 Å². The molecule has 0 aliphatic heterocycles. The number of halogens is 1. The molecule has 0 unspecified atom stereocenters. The van der Waals surface area contributed by atoms with Gasteiger partial charge in [-0.25, -0.2) is 12.8 Å². The van der Waals surface area contributed by atoms with Crippen LogP contribution >= 0.6 is 0 Å². The molecule has 0 aliphatic rings. The molecule has 2 aromatic carbocycles. The fourth-order valence-electron chi connectivity index (χ4n) is 2.95. The molecule has 7 nitrogen and oxygen atoms in total. The average molecular weight is 431 g/mol. The third kappa shape index (κ3) is 4.20. The minimum absolute atomic E-state index is 0.0833. The van der Waals surface area contributed by atoms with Gasteiger partial charge in [0, 0.05) is 30.7 Å². The summed E-state index contributed by atoms with van der Waals surface area (Å²) in [5.74, 6) is -0.991. The van der Waals surface area contributed by atoms with Crippen LogP contribution in [0.1, 0.15) is 30.1 Å². The molecule has 3 rings (SSSR count). The van der Waals surface area contributed by atoms with E-state index in [-0.39, 0.29) is 21.5 Å². The highest BCUT2D eigenvalue weighted by molar-refractivity contribution is 7.92. The van der Waals surface area contributed by atoms with Crippen molar-refractivity contribution in [1.82, 2.24) is 10.3 Å². The molecule has 9 heteroatoms. The lowest BCUT2D eigenvalue weighted by molar-refractivity contribution is 0.0952. The Morgan fingerprint density at radius 3 is 2.53 bits per heavy atom. The number of carbonyl (C=O) groups excluding carboxylic acids is 1. The molecule has 1 amide bonds. The summed E-state index contributed by atoms with van der Waals surface area (Å²) in [6.45, 7) is 2.43. The third-order valence-electron chi connectivity index (χ3n) is 4.76. The minimum Gasteiger partial charge on any atom is -0.360 e. The van der Waals surface area contributed by atoms with Gasteiger partial charge in [0.1, 0.15) is 11.4 Å². The highest BCUT2D eigenvalue weighted by Crippen LogP contribution is 2.24. The van der Waals surface area contributed by atoms with Crippen LogP contribution in [0.25, 0.3) is 10.9 Å². The van der Waals surface area contributed by atoms with Gasteiger partial charge in [0.15, 0.2) is 0 Å². The molecule has 0 atom stereocenters. The number of H-pyrrole nitrogens is 1. The van der Waals surface area contributed by atoms with Crippen LogP contribution in [-0.4, -0.2) is 32.9 Å². The number of hydrogen-bond donors (Lipinski definition) is 2. The van der Waals surface area contributed by atoms with Crippen LogP contribution in [0.15, 0.2) is 58.4 Å². The second-order valence-corrected chi connectivity index (χ2v) is 8.77. The molecule has 0 radical (unpaired) electrons. The number of rotatable bonds is 7. The number of benzene rings is 2. The van der Waals surface area contributed by atoms with Crippen LogP contribution in [0.5, 0.6) is 0 Å². The van der Waals surface area contributed by atoms with Crippen molar-refractivity contribution in [3.05, 3.63) is 70.3 Å². The van der Waals surface area contributed by atoms with Gasteiger partial charge in [-0.3, -0.25) is 13.9 Å². The number of hydrogen-bond acceptors (Lipinski definition) is 4. The van der Waals surface area contributed by atoms with Gasteiger partial charge < -0.3 is 10.3 Å². The molecular formula is C21H22FN3O4S. The van der Waals surface area contributed by atoms with Crippen LogP contribution in [0.2, 0.25) is 0 Å². The summed E-state index contributed by atoms with van der Waals surface area (Å²) in [5.41, 5.74) is 0.0437. The summed E-state index contributed by atoms with van der Waals surface area (Å²) in [4.78, 5) is 27.9. The number of aromatic nitrogens is 1. The zero-order valence-corrected chi connectivity index (χ0v) is 17.4. The van der Waals surface area contributed by atoms with Gasteiger partial charge in [0.2, 0.25) is 5.43 Å². The predicted molar refractivity (Wildman–Crippen MR) is 114 cm³/mol. The van der Waals surface area contributed by atoms with E-state index in [0.29, 0.717) is 12.1 Å². The number of sulfonamides is 1. The Hall–Kier alpha value is -3.20. The molecule has 1 heterocycles. The molecule has 0 saturated heterocycles. The molecule has 3 aromatic rings. The predicted octanol–water partition coefficient (Wildman–Crippen LogP) is 3.02. The first-order valence-corrected chi connectivity index (χ1v) is 10.9. The molecule has 158 valence electrons. The lowest BCUT2D eigenvalue weighted by atomic mass is 10.1. The van der Waals surface area contributed by atoms with E-state index in [9.17, 15) is 22.4 Å². The smallest absolute Gasteiger partial charge is 0.264 e. The lowest BCUT2D eigenvalue weighted by Gasteiger charge is -2.19. The molecule has 30 heavy (non-hydrogen) atoms. The summed E-state index contributed by atoms with van der Waals surface area (Å²) in [6.07, 6.45) is 3.01. The number of unbranched alkanes of at least 4 members (excludes halogenated alkanes) is 1. The number of pyridine rings is 1. The largest absolute Gasteiger partial charge is 0.360 e. The van der Waals surface area contributed by atoms with Gasteiger partial charge in [-0.2, -0.15) is 0 Å². The zero-order valence-electron chi connectivity index (χ0n) is 16.6. The number of carbonyl (C=O) groups is 1. The summed E-state index contributed by atoms with van der Waals surface area (Å²) in [5, 5.41) is 2.77.